The van der Waals surface area contributed by atoms with Gasteiger partial charge in [0.05, 0.1) is 33.8 Å². The minimum atomic E-state index is -4.70. The molecule has 0 aromatic carbocycles. The van der Waals surface area contributed by atoms with Crippen molar-refractivity contribution in [2.45, 2.75) is 367 Å². The number of carbonyl (C=O) groups excluding carboxylic acids is 2. The highest BCUT2D eigenvalue weighted by molar-refractivity contribution is 7.45. The third-order valence-corrected chi connectivity index (χ3v) is 16.8. The molecular formula is C69H135N2O7P. The fourth-order valence-corrected chi connectivity index (χ4v) is 11.2. The van der Waals surface area contributed by atoms with Crippen molar-refractivity contribution < 1.29 is 37.3 Å². The SMILES string of the molecule is CCCCCCCC/C=C/CCCCCCCCCC(=O)NC(COP(=O)([O-])OCC[N+](C)(C)C)C(/C=C\CCCCCCCCCCCCC)OC(=O)CCCCCCCCCCCCCCCCCCCCCCCCC. The maximum Gasteiger partial charge on any atom is 0.306 e. The number of nitrogens with one attached hydrogen (secondary N) is 1. The van der Waals surface area contributed by atoms with Crippen molar-refractivity contribution >= 4 is 19.7 Å². The number of unbranched alkanes of at least 4 members (excludes halogenated alkanes) is 46. The zero-order valence-electron chi connectivity index (χ0n) is 53.6. The zero-order chi connectivity index (χ0) is 57.9. The lowest BCUT2D eigenvalue weighted by atomic mass is 10.0. The van der Waals surface area contributed by atoms with Gasteiger partial charge in [-0.25, -0.2) is 0 Å². The molecule has 1 amide bonds. The Morgan fingerprint density at radius 1 is 0.430 bits per heavy atom. The van der Waals surface area contributed by atoms with Gasteiger partial charge in [0, 0.05) is 12.8 Å². The van der Waals surface area contributed by atoms with Gasteiger partial charge in [-0.2, -0.15) is 0 Å². The second-order valence-electron chi connectivity index (χ2n) is 25.0. The number of nitrogens with zero attached hydrogens (tertiary/aromatic N) is 1. The first-order chi connectivity index (χ1) is 38.4. The van der Waals surface area contributed by atoms with E-state index >= 15 is 0 Å². The van der Waals surface area contributed by atoms with Crippen LogP contribution in [0, 0.1) is 0 Å². The number of quaternary nitrogens is 1. The summed E-state index contributed by atoms with van der Waals surface area (Å²) in [7, 11) is 1.20. The summed E-state index contributed by atoms with van der Waals surface area (Å²) in [6, 6.07) is -0.886. The van der Waals surface area contributed by atoms with E-state index in [4.69, 9.17) is 13.8 Å². The number of amides is 1. The van der Waals surface area contributed by atoms with Crippen LogP contribution >= 0.6 is 7.82 Å². The number of hydrogen-bond acceptors (Lipinski definition) is 7. The average molecular weight is 1140 g/mol. The molecular weight excluding hydrogens is 1000 g/mol. The van der Waals surface area contributed by atoms with E-state index < -0.39 is 20.0 Å². The van der Waals surface area contributed by atoms with E-state index in [1.807, 2.05) is 33.3 Å². The van der Waals surface area contributed by atoms with E-state index in [9.17, 15) is 19.0 Å². The quantitative estimate of drug-likeness (QED) is 0.0212. The van der Waals surface area contributed by atoms with Gasteiger partial charge in [0.25, 0.3) is 7.82 Å². The van der Waals surface area contributed by atoms with Crippen LogP contribution in [0.25, 0.3) is 0 Å². The summed E-state index contributed by atoms with van der Waals surface area (Å²) in [5.41, 5.74) is 0. The van der Waals surface area contributed by atoms with Crippen LogP contribution in [-0.4, -0.2) is 69.4 Å². The Morgan fingerprint density at radius 3 is 1.08 bits per heavy atom. The van der Waals surface area contributed by atoms with Crippen LogP contribution < -0.4 is 10.2 Å². The van der Waals surface area contributed by atoms with Crippen LogP contribution in [-0.2, 0) is 27.9 Å². The maximum atomic E-state index is 13.6. The van der Waals surface area contributed by atoms with E-state index in [1.54, 1.807) is 0 Å². The zero-order valence-corrected chi connectivity index (χ0v) is 54.5. The lowest BCUT2D eigenvalue weighted by Gasteiger charge is -2.30. The van der Waals surface area contributed by atoms with Crippen molar-refractivity contribution in [3.05, 3.63) is 24.3 Å². The second kappa shape index (κ2) is 59.6. The number of hydrogen-bond donors (Lipinski definition) is 1. The van der Waals surface area contributed by atoms with Gasteiger partial charge in [0.2, 0.25) is 5.91 Å². The first-order valence-corrected chi connectivity index (χ1v) is 36.1. The van der Waals surface area contributed by atoms with Crippen LogP contribution in [0.5, 0.6) is 0 Å². The molecule has 0 saturated heterocycles. The topological polar surface area (TPSA) is 114 Å². The molecule has 0 aliphatic rings. The first kappa shape index (κ1) is 77.5. The van der Waals surface area contributed by atoms with E-state index in [2.05, 4.69) is 38.2 Å². The summed E-state index contributed by atoms with van der Waals surface area (Å²) in [5, 5.41) is 3.04. The summed E-state index contributed by atoms with van der Waals surface area (Å²) >= 11 is 0. The average Bonchev–Trinajstić information content (AvgIpc) is 3.41. The first-order valence-electron chi connectivity index (χ1n) is 34.6. The number of phosphoric ester groups is 1. The standard InChI is InChI=1S/C69H135N2O7P/c1-7-10-13-16-19-22-25-28-30-32-33-34-35-36-37-39-41-44-47-50-53-56-59-62-69(73)78-67(60-57-54-51-48-45-42-27-24-21-18-15-12-9-3)66(65-77-79(74,75)76-64-63-71(4,5)6)70-68(72)61-58-55-52-49-46-43-40-38-31-29-26-23-20-17-14-11-8-2/h29,31,57,60,66-67H,7-28,30,32-56,58-59,61-65H2,1-6H3,(H-,70,72,74,75)/b31-29+,60-57-. The lowest BCUT2D eigenvalue weighted by Crippen LogP contribution is -2.47. The highest BCUT2D eigenvalue weighted by atomic mass is 31.2. The monoisotopic (exact) mass is 1140 g/mol. The fourth-order valence-electron chi connectivity index (χ4n) is 10.5. The van der Waals surface area contributed by atoms with Crippen LogP contribution in [0.15, 0.2) is 24.3 Å². The van der Waals surface area contributed by atoms with E-state index in [1.165, 1.54) is 250 Å². The number of likely N-dealkylation sites (N-methyl/N-ethyl adjacent to an activating group) is 1. The minimum Gasteiger partial charge on any atom is -0.756 e. The molecule has 0 fully saturated rings. The fraction of sp³-hybridized carbons (Fsp3) is 0.913. The van der Waals surface area contributed by atoms with Gasteiger partial charge in [0.1, 0.15) is 19.3 Å². The highest BCUT2D eigenvalue weighted by Crippen LogP contribution is 2.38. The molecule has 9 nitrogen and oxygen atoms in total. The van der Waals surface area contributed by atoms with E-state index in [-0.39, 0.29) is 31.5 Å². The number of allylic oxidation sites excluding steroid dienone is 3. The Hall–Kier alpha value is -1.51. The molecule has 79 heavy (non-hydrogen) atoms. The Morgan fingerprint density at radius 2 is 0.734 bits per heavy atom. The van der Waals surface area contributed by atoms with Gasteiger partial charge in [-0.3, -0.25) is 14.2 Å². The number of ether oxygens (including phenoxy) is 1. The number of phosphoric acid groups is 1. The molecule has 3 unspecified atom stereocenters. The predicted molar refractivity (Wildman–Crippen MR) is 340 cm³/mol. The smallest absolute Gasteiger partial charge is 0.306 e. The predicted octanol–water partition coefficient (Wildman–Crippen LogP) is 21.0. The Balaban J connectivity index is 5.10. The van der Waals surface area contributed by atoms with Crippen molar-refractivity contribution in [1.29, 1.82) is 0 Å². The Kier molecular flexibility index (Phi) is 58.5. The number of carbonyl (C=O) groups is 2. The molecule has 1 N–H and O–H groups in total. The minimum absolute atomic E-state index is 0.0193. The van der Waals surface area contributed by atoms with Crippen LogP contribution in [0.3, 0.4) is 0 Å². The van der Waals surface area contributed by atoms with Crippen LogP contribution in [0.4, 0.5) is 0 Å². The van der Waals surface area contributed by atoms with Gasteiger partial charge < -0.3 is 28.5 Å². The van der Waals surface area contributed by atoms with Crippen LogP contribution in [0.2, 0.25) is 0 Å². The summed E-state index contributed by atoms with van der Waals surface area (Å²) in [6.45, 7) is 6.90. The molecule has 0 aromatic rings. The second-order valence-corrected chi connectivity index (χ2v) is 26.5. The molecule has 3 atom stereocenters. The molecule has 0 radical (unpaired) electrons. The van der Waals surface area contributed by atoms with Crippen molar-refractivity contribution in [3.8, 4) is 0 Å². The molecule has 0 aliphatic carbocycles. The maximum absolute atomic E-state index is 13.6. The molecule has 10 heteroatoms. The van der Waals surface area contributed by atoms with Gasteiger partial charge in [0.15, 0.2) is 0 Å². The van der Waals surface area contributed by atoms with Gasteiger partial charge >= 0.3 is 5.97 Å². The molecule has 0 rings (SSSR count). The highest BCUT2D eigenvalue weighted by Gasteiger charge is 2.27. The number of rotatable bonds is 64. The molecule has 0 spiro atoms. The van der Waals surface area contributed by atoms with Crippen molar-refractivity contribution in [2.24, 2.45) is 0 Å². The van der Waals surface area contributed by atoms with Crippen molar-refractivity contribution in [2.75, 3.05) is 40.9 Å². The van der Waals surface area contributed by atoms with Gasteiger partial charge in [-0.15, -0.1) is 0 Å². The van der Waals surface area contributed by atoms with Gasteiger partial charge in [-0.05, 0) is 57.4 Å². The van der Waals surface area contributed by atoms with Crippen LogP contribution in [0.1, 0.15) is 355 Å². The molecule has 0 aromatic heterocycles. The lowest BCUT2D eigenvalue weighted by molar-refractivity contribution is -0.870. The summed E-state index contributed by atoms with van der Waals surface area (Å²) in [6.07, 6.45) is 71.5. The third-order valence-electron chi connectivity index (χ3n) is 15.9. The summed E-state index contributed by atoms with van der Waals surface area (Å²) in [5.74, 6) is -0.525. The third kappa shape index (κ3) is 60.9. The summed E-state index contributed by atoms with van der Waals surface area (Å²) < 4.78 is 30.4. The number of esters is 1. The molecule has 0 saturated carbocycles. The summed E-state index contributed by atoms with van der Waals surface area (Å²) in [4.78, 5) is 40.1. The Bertz CT molecular complexity index is 1400. The largest absolute Gasteiger partial charge is 0.756 e. The van der Waals surface area contributed by atoms with E-state index in [0.29, 0.717) is 17.4 Å². The van der Waals surface area contributed by atoms with Gasteiger partial charge in [-0.1, -0.05) is 309 Å². The molecule has 0 aliphatic heterocycles. The molecule has 468 valence electrons. The molecule has 0 bridgehead atoms. The van der Waals surface area contributed by atoms with Crippen molar-refractivity contribution in [1.82, 2.24) is 5.32 Å². The van der Waals surface area contributed by atoms with E-state index in [0.717, 1.165) is 70.6 Å². The van der Waals surface area contributed by atoms with Crippen molar-refractivity contribution in [3.63, 3.8) is 0 Å². The molecule has 0 heterocycles. The Labute approximate surface area is 492 Å². The normalized spacial score (nSPS) is 13.7.